The van der Waals surface area contributed by atoms with Gasteiger partial charge < -0.3 is 0 Å². The summed E-state index contributed by atoms with van der Waals surface area (Å²) in [6.07, 6.45) is 0. The molecule has 0 aliphatic carbocycles. The molecule has 92 valence electrons. The minimum atomic E-state index is -0.444. The van der Waals surface area contributed by atoms with Crippen LogP contribution in [0.5, 0.6) is 0 Å². The third kappa shape index (κ3) is 2.33. The van der Waals surface area contributed by atoms with Gasteiger partial charge in [-0.15, -0.1) is 0 Å². The fraction of sp³-hybridized carbons (Fsp3) is 0.154. The number of hydrogen-bond donors (Lipinski definition) is 0. The largest absolute Gasteiger partial charge is 0.295 e. The summed E-state index contributed by atoms with van der Waals surface area (Å²) < 4.78 is 0. The van der Waals surface area contributed by atoms with Crippen molar-refractivity contribution in [3.63, 3.8) is 0 Å². The standard InChI is InChI=1S/C13H11ClN2O2/c1-8-3-4-9(2)10(7-8)13-11(16(17)18)5-6-12(14)15-13/h3-7H,1-2H3. The smallest absolute Gasteiger partial charge is 0.258 e. The summed E-state index contributed by atoms with van der Waals surface area (Å²) in [5, 5.41) is 11.3. The monoisotopic (exact) mass is 262 g/mol. The van der Waals surface area contributed by atoms with Gasteiger partial charge in [0.25, 0.3) is 5.69 Å². The zero-order chi connectivity index (χ0) is 13.3. The topological polar surface area (TPSA) is 56.0 Å². The Morgan fingerprint density at radius 3 is 2.61 bits per heavy atom. The third-order valence-electron chi connectivity index (χ3n) is 2.68. The van der Waals surface area contributed by atoms with Crippen molar-refractivity contribution in [2.24, 2.45) is 0 Å². The van der Waals surface area contributed by atoms with Crippen LogP contribution in [0.25, 0.3) is 11.3 Å². The van der Waals surface area contributed by atoms with E-state index in [0.717, 1.165) is 16.7 Å². The van der Waals surface area contributed by atoms with Crippen molar-refractivity contribution in [1.29, 1.82) is 0 Å². The molecular weight excluding hydrogens is 252 g/mol. The third-order valence-corrected chi connectivity index (χ3v) is 2.90. The predicted octanol–water partition coefficient (Wildman–Crippen LogP) is 3.93. The van der Waals surface area contributed by atoms with E-state index in [0.29, 0.717) is 5.69 Å². The fourth-order valence-electron chi connectivity index (χ4n) is 1.76. The first kappa shape index (κ1) is 12.5. The van der Waals surface area contributed by atoms with Crippen LogP contribution >= 0.6 is 11.6 Å². The van der Waals surface area contributed by atoms with Gasteiger partial charge >= 0.3 is 0 Å². The second-order valence-corrected chi connectivity index (χ2v) is 4.46. The average Bonchev–Trinajstić information content (AvgIpc) is 2.31. The summed E-state index contributed by atoms with van der Waals surface area (Å²) in [6.45, 7) is 3.82. The Balaban J connectivity index is 2.73. The highest BCUT2D eigenvalue weighted by Crippen LogP contribution is 2.31. The molecule has 0 atom stereocenters. The Labute approximate surface area is 109 Å². The predicted molar refractivity (Wildman–Crippen MR) is 70.8 cm³/mol. The lowest BCUT2D eigenvalue weighted by Crippen LogP contribution is -1.96. The van der Waals surface area contributed by atoms with E-state index in [1.165, 1.54) is 12.1 Å². The van der Waals surface area contributed by atoms with E-state index in [1.807, 2.05) is 32.0 Å². The molecule has 0 unspecified atom stereocenters. The van der Waals surface area contributed by atoms with E-state index >= 15 is 0 Å². The Morgan fingerprint density at radius 2 is 1.94 bits per heavy atom. The summed E-state index contributed by atoms with van der Waals surface area (Å²) in [4.78, 5) is 14.7. The molecule has 2 rings (SSSR count). The zero-order valence-corrected chi connectivity index (χ0v) is 10.7. The first-order chi connectivity index (χ1) is 8.49. The van der Waals surface area contributed by atoms with E-state index in [4.69, 9.17) is 11.6 Å². The van der Waals surface area contributed by atoms with Crippen LogP contribution in [0.3, 0.4) is 0 Å². The molecule has 0 radical (unpaired) electrons. The van der Waals surface area contributed by atoms with Crippen molar-refractivity contribution in [3.8, 4) is 11.3 Å². The van der Waals surface area contributed by atoms with Crippen LogP contribution in [-0.2, 0) is 0 Å². The van der Waals surface area contributed by atoms with Gasteiger partial charge in [0, 0.05) is 11.6 Å². The molecule has 0 aliphatic heterocycles. The van der Waals surface area contributed by atoms with Crippen LogP contribution < -0.4 is 0 Å². The van der Waals surface area contributed by atoms with Gasteiger partial charge in [0.15, 0.2) is 0 Å². The summed E-state index contributed by atoms with van der Waals surface area (Å²) in [6, 6.07) is 8.55. The quantitative estimate of drug-likeness (QED) is 0.468. The summed E-state index contributed by atoms with van der Waals surface area (Å²) >= 11 is 5.83. The van der Waals surface area contributed by atoms with Gasteiger partial charge in [-0.1, -0.05) is 29.3 Å². The van der Waals surface area contributed by atoms with Gasteiger partial charge in [-0.25, -0.2) is 4.98 Å². The minimum Gasteiger partial charge on any atom is -0.258 e. The molecule has 1 aromatic carbocycles. The SMILES string of the molecule is Cc1ccc(C)c(-c2nc(Cl)ccc2[N+](=O)[O-])c1. The van der Waals surface area contributed by atoms with Gasteiger partial charge in [0.1, 0.15) is 10.8 Å². The van der Waals surface area contributed by atoms with E-state index in [9.17, 15) is 10.1 Å². The number of rotatable bonds is 2. The van der Waals surface area contributed by atoms with Crippen LogP contribution in [0.1, 0.15) is 11.1 Å². The van der Waals surface area contributed by atoms with Crippen molar-refractivity contribution in [2.45, 2.75) is 13.8 Å². The molecule has 1 heterocycles. The van der Waals surface area contributed by atoms with Gasteiger partial charge in [0.05, 0.1) is 4.92 Å². The molecule has 0 saturated heterocycles. The lowest BCUT2D eigenvalue weighted by molar-refractivity contribution is -0.384. The van der Waals surface area contributed by atoms with Gasteiger partial charge in [0.2, 0.25) is 0 Å². The first-order valence-corrected chi connectivity index (χ1v) is 5.75. The molecule has 0 fully saturated rings. The highest BCUT2D eigenvalue weighted by molar-refractivity contribution is 6.29. The molecule has 18 heavy (non-hydrogen) atoms. The lowest BCUT2D eigenvalue weighted by Gasteiger charge is -2.07. The van der Waals surface area contributed by atoms with E-state index < -0.39 is 4.92 Å². The maximum atomic E-state index is 11.0. The molecule has 0 bridgehead atoms. The van der Waals surface area contributed by atoms with Crippen LogP contribution in [0.2, 0.25) is 5.15 Å². The number of aryl methyl sites for hydroxylation is 2. The molecular formula is C13H11ClN2O2. The van der Waals surface area contributed by atoms with Crippen molar-refractivity contribution in [2.75, 3.05) is 0 Å². The summed E-state index contributed by atoms with van der Waals surface area (Å²) in [5.41, 5.74) is 2.97. The molecule has 0 amide bonds. The number of nitrogens with zero attached hydrogens (tertiary/aromatic N) is 2. The number of pyridine rings is 1. The molecule has 2 aromatic rings. The van der Waals surface area contributed by atoms with Crippen LogP contribution in [0.15, 0.2) is 30.3 Å². The number of hydrogen-bond acceptors (Lipinski definition) is 3. The summed E-state index contributed by atoms with van der Waals surface area (Å²) in [5.74, 6) is 0. The van der Waals surface area contributed by atoms with Gasteiger partial charge in [-0.2, -0.15) is 0 Å². The van der Waals surface area contributed by atoms with Crippen LogP contribution in [-0.4, -0.2) is 9.91 Å². The minimum absolute atomic E-state index is 0.0342. The maximum absolute atomic E-state index is 11.0. The van der Waals surface area contributed by atoms with Crippen molar-refractivity contribution >= 4 is 17.3 Å². The van der Waals surface area contributed by atoms with Crippen molar-refractivity contribution in [1.82, 2.24) is 4.98 Å². The highest BCUT2D eigenvalue weighted by Gasteiger charge is 2.18. The lowest BCUT2D eigenvalue weighted by atomic mass is 10.0. The molecule has 4 nitrogen and oxygen atoms in total. The Bertz CT molecular complexity index is 626. The van der Waals surface area contributed by atoms with Gasteiger partial charge in [-0.3, -0.25) is 10.1 Å². The summed E-state index contributed by atoms with van der Waals surface area (Å²) in [7, 11) is 0. The van der Waals surface area contributed by atoms with Gasteiger partial charge in [-0.05, 0) is 31.5 Å². The Kier molecular flexibility index (Phi) is 3.30. The number of nitro groups is 1. The molecule has 0 N–H and O–H groups in total. The Morgan fingerprint density at radius 1 is 1.22 bits per heavy atom. The normalized spacial score (nSPS) is 10.4. The zero-order valence-electron chi connectivity index (χ0n) is 9.98. The highest BCUT2D eigenvalue weighted by atomic mass is 35.5. The molecule has 1 aromatic heterocycles. The molecule has 0 aliphatic rings. The van der Waals surface area contributed by atoms with Crippen LogP contribution in [0.4, 0.5) is 5.69 Å². The second kappa shape index (κ2) is 4.74. The van der Waals surface area contributed by atoms with E-state index in [2.05, 4.69) is 4.98 Å². The second-order valence-electron chi connectivity index (χ2n) is 4.08. The average molecular weight is 263 g/mol. The van der Waals surface area contributed by atoms with Crippen molar-refractivity contribution in [3.05, 3.63) is 56.7 Å². The van der Waals surface area contributed by atoms with Crippen LogP contribution in [0, 0.1) is 24.0 Å². The van der Waals surface area contributed by atoms with E-state index in [1.54, 1.807) is 0 Å². The van der Waals surface area contributed by atoms with Crippen molar-refractivity contribution < 1.29 is 4.92 Å². The van der Waals surface area contributed by atoms with E-state index in [-0.39, 0.29) is 10.8 Å². The molecule has 5 heteroatoms. The first-order valence-electron chi connectivity index (χ1n) is 5.37. The number of benzene rings is 1. The number of halogens is 1. The Hall–Kier alpha value is -1.94. The fourth-order valence-corrected chi connectivity index (χ4v) is 1.91. The molecule has 0 saturated carbocycles. The maximum Gasteiger partial charge on any atom is 0.295 e. The number of aromatic nitrogens is 1. The molecule has 0 spiro atoms.